The van der Waals surface area contributed by atoms with Crippen molar-refractivity contribution in [2.75, 3.05) is 13.2 Å². The van der Waals surface area contributed by atoms with Crippen molar-refractivity contribution >= 4 is 11.9 Å². The molecule has 1 heterocycles. The summed E-state index contributed by atoms with van der Waals surface area (Å²) >= 11 is 0. The number of aliphatic hydroxyl groups is 5. The number of unbranched alkanes of at least 4 members (excludes halogenated alkanes) is 33. The number of aliphatic hydroxyl groups excluding tert-OH is 5. The van der Waals surface area contributed by atoms with Gasteiger partial charge < -0.3 is 45.1 Å². The van der Waals surface area contributed by atoms with Crippen molar-refractivity contribution in [3.63, 3.8) is 0 Å². The molecule has 0 aliphatic carbocycles. The van der Waals surface area contributed by atoms with Gasteiger partial charge >= 0.3 is 5.97 Å². The highest BCUT2D eigenvalue weighted by atomic mass is 16.7. The molecule has 6 N–H and O–H groups in total. The number of nitrogens with one attached hydrogen (secondary N) is 1. The van der Waals surface area contributed by atoms with Gasteiger partial charge in [-0.25, -0.2) is 0 Å². The molecule has 1 fully saturated rings. The van der Waals surface area contributed by atoms with Gasteiger partial charge in [-0.15, -0.1) is 0 Å². The lowest BCUT2D eigenvalue weighted by atomic mass is 9.99. The topological polar surface area (TPSA) is 175 Å². The number of allylic oxidation sites excluding steroid dienone is 15. The number of amides is 1. The summed E-state index contributed by atoms with van der Waals surface area (Å²) in [5.41, 5.74) is 0. The second-order valence-electron chi connectivity index (χ2n) is 24.6. The molecule has 1 aliphatic rings. The Bertz CT molecular complexity index is 1790. The number of hydrogen-bond donors (Lipinski definition) is 6. The fourth-order valence-electron chi connectivity index (χ4n) is 10.8. The van der Waals surface area contributed by atoms with E-state index in [1.807, 2.05) is 6.08 Å². The van der Waals surface area contributed by atoms with Crippen LogP contribution >= 0.6 is 0 Å². The number of esters is 1. The molecule has 8 atom stereocenters. The van der Waals surface area contributed by atoms with Crippen LogP contribution in [0, 0.1) is 0 Å². The van der Waals surface area contributed by atoms with Crippen LogP contribution in [-0.2, 0) is 23.8 Å². The molecule has 1 aliphatic heterocycles. The van der Waals surface area contributed by atoms with E-state index in [0.29, 0.717) is 12.8 Å². The van der Waals surface area contributed by atoms with Crippen molar-refractivity contribution in [1.82, 2.24) is 5.32 Å². The summed E-state index contributed by atoms with van der Waals surface area (Å²) in [6.45, 7) is 5.66. The summed E-state index contributed by atoms with van der Waals surface area (Å²) in [7, 11) is 0. The van der Waals surface area contributed by atoms with E-state index < -0.39 is 67.4 Å². The fourth-order valence-corrected chi connectivity index (χ4v) is 10.8. The van der Waals surface area contributed by atoms with Gasteiger partial charge in [0.1, 0.15) is 24.4 Å². The van der Waals surface area contributed by atoms with Gasteiger partial charge in [0.15, 0.2) is 12.4 Å². The molecule has 0 spiro atoms. The van der Waals surface area contributed by atoms with Crippen LogP contribution in [0.4, 0.5) is 0 Å². The quantitative estimate of drug-likeness (QED) is 0.0195. The van der Waals surface area contributed by atoms with Crippen molar-refractivity contribution in [2.45, 2.75) is 359 Å². The van der Waals surface area contributed by atoms with Crippen molar-refractivity contribution in [3.8, 4) is 0 Å². The highest BCUT2D eigenvalue weighted by Gasteiger charge is 2.47. The number of carbonyl (C=O) groups excluding carboxylic acids is 2. The fraction of sp³-hybridized carbons (Fsp3) is 0.763. The van der Waals surface area contributed by atoms with Crippen LogP contribution < -0.4 is 5.32 Å². The van der Waals surface area contributed by atoms with Crippen molar-refractivity contribution < 1.29 is 49.3 Å². The first-order valence-corrected chi connectivity index (χ1v) is 36.0. The molecule has 1 amide bonds. The molecule has 0 saturated carbocycles. The molecule has 502 valence electrons. The van der Waals surface area contributed by atoms with Gasteiger partial charge in [-0.1, -0.05) is 298 Å². The highest BCUT2D eigenvalue weighted by Crippen LogP contribution is 2.26. The summed E-state index contributed by atoms with van der Waals surface area (Å²) < 4.78 is 17.7. The van der Waals surface area contributed by atoms with E-state index in [1.165, 1.54) is 173 Å². The van der Waals surface area contributed by atoms with Crippen LogP contribution in [0.1, 0.15) is 310 Å². The molecule has 0 bridgehead atoms. The maximum absolute atomic E-state index is 13.5. The Balaban J connectivity index is 2.57. The van der Waals surface area contributed by atoms with Gasteiger partial charge in [0.05, 0.1) is 25.4 Å². The van der Waals surface area contributed by atoms with Crippen LogP contribution in [0.3, 0.4) is 0 Å². The first-order valence-electron chi connectivity index (χ1n) is 36.0. The van der Waals surface area contributed by atoms with Crippen molar-refractivity contribution in [2.24, 2.45) is 0 Å². The van der Waals surface area contributed by atoms with Crippen LogP contribution in [-0.4, -0.2) is 99.6 Å². The average molecular weight is 1220 g/mol. The SMILES string of the molecule is CC/C=C\C/C=C\C/C=C\C/C=C\C/C=C\CCCCC(O)C(=O)NC(COC1OC(CO)C(O)C(O)C1OC(=O)CCCCCCCCCCCCCCCCCCC/C=C\C/C=C\CCCCC)C(O)/C=C/CCCCCCCCCCCCC. The van der Waals surface area contributed by atoms with Crippen molar-refractivity contribution in [1.29, 1.82) is 0 Å². The summed E-state index contributed by atoms with van der Waals surface area (Å²) in [5, 5.41) is 57.2. The largest absolute Gasteiger partial charge is 0.454 e. The summed E-state index contributed by atoms with van der Waals surface area (Å²) in [4.78, 5) is 26.7. The molecule has 1 rings (SSSR count). The Morgan fingerprint density at radius 2 is 0.828 bits per heavy atom. The highest BCUT2D eigenvalue weighted by molar-refractivity contribution is 5.80. The number of rotatable bonds is 61. The first-order chi connectivity index (χ1) is 42.7. The van der Waals surface area contributed by atoms with E-state index >= 15 is 0 Å². The predicted octanol–water partition coefficient (Wildman–Crippen LogP) is 18.6. The van der Waals surface area contributed by atoms with Crippen LogP contribution in [0.15, 0.2) is 97.2 Å². The van der Waals surface area contributed by atoms with E-state index in [1.54, 1.807) is 6.08 Å². The first kappa shape index (κ1) is 81.6. The number of carbonyl (C=O) groups is 2. The zero-order valence-corrected chi connectivity index (χ0v) is 55.9. The molecule has 11 nitrogen and oxygen atoms in total. The monoisotopic (exact) mass is 1220 g/mol. The van der Waals surface area contributed by atoms with Crippen molar-refractivity contribution in [3.05, 3.63) is 97.2 Å². The van der Waals surface area contributed by atoms with Crippen LogP contribution in [0.25, 0.3) is 0 Å². The molecule has 0 aromatic carbocycles. The van der Waals surface area contributed by atoms with Gasteiger partial charge in [0.25, 0.3) is 0 Å². The molecule has 8 unspecified atom stereocenters. The molecule has 87 heavy (non-hydrogen) atoms. The zero-order chi connectivity index (χ0) is 63.1. The van der Waals surface area contributed by atoms with Gasteiger partial charge in [-0.05, 0) is 103 Å². The molecule has 0 aromatic rings. The van der Waals surface area contributed by atoms with E-state index in [2.05, 4.69) is 111 Å². The Kier molecular flexibility index (Phi) is 58.9. The van der Waals surface area contributed by atoms with Gasteiger partial charge in [0, 0.05) is 6.42 Å². The minimum absolute atomic E-state index is 0.117. The Labute approximate surface area is 533 Å². The third-order valence-electron chi connectivity index (χ3n) is 16.5. The molecule has 1 saturated heterocycles. The molecule has 11 heteroatoms. The molecule has 0 radical (unpaired) electrons. The van der Waals surface area contributed by atoms with E-state index in [0.717, 1.165) is 89.9 Å². The Morgan fingerprint density at radius 3 is 1.26 bits per heavy atom. The van der Waals surface area contributed by atoms with Gasteiger partial charge in [-0.2, -0.15) is 0 Å². The predicted molar refractivity (Wildman–Crippen MR) is 365 cm³/mol. The zero-order valence-electron chi connectivity index (χ0n) is 55.9. The van der Waals surface area contributed by atoms with Crippen LogP contribution in [0.5, 0.6) is 0 Å². The van der Waals surface area contributed by atoms with Gasteiger partial charge in [0.2, 0.25) is 5.91 Å². The summed E-state index contributed by atoms with van der Waals surface area (Å²) in [5.74, 6) is -1.22. The minimum atomic E-state index is -1.62. The Hall–Kier alpha value is -3.42. The maximum Gasteiger partial charge on any atom is 0.306 e. The standard InChI is InChI=1S/C76H133NO10/c1-4-7-10-13-16-19-22-25-27-29-31-32-33-34-35-36-37-38-39-41-43-46-49-52-55-58-61-64-71(81)87-74-73(83)72(82)70(65-78)86-76(74)85-66-67(68(79)62-59-56-53-50-47-44-24-21-18-15-12-9-6-3)77-75(84)69(80)63-60-57-54-51-48-45-42-40-30-28-26-23-20-17-14-11-8-5-2/h8,11,16-17,19-20,25-28,40,42,48,51,59,62,67-70,72-74,76,78-80,82-83H,4-7,9-10,12-15,18,21-24,29-39,41,43-47,49-50,52-58,60-61,63-66H2,1-3H3,(H,77,84)/b11-8-,19-16-,20-17-,27-25-,28-26-,42-40-,51-48-,62-59+. The summed E-state index contributed by atoms with van der Waals surface area (Å²) in [6, 6.07) is -1.05. The Morgan fingerprint density at radius 1 is 0.460 bits per heavy atom. The minimum Gasteiger partial charge on any atom is -0.454 e. The molecule has 0 aromatic heterocycles. The van der Waals surface area contributed by atoms with E-state index in [-0.39, 0.29) is 19.4 Å². The number of hydrogen-bond acceptors (Lipinski definition) is 10. The average Bonchev–Trinajstić information content (AvgIpc) is 2.75. The molecular formula is C76H133NO10. The lowest BCUT2D eigenvalue weighted by Gasteiger charge is -2.41. The second kappa shape index (κ2) is 62.8. The normalized spacial score (nSPS) is 18.8. The third kappa shape index (κ3) is 50.0. The smallest absolute Gasteiger partial charge is 0.306 e. The molecular weight excluding hydrogens is 1090 g/mol. The summed E-state index contributed by atoms with van der Waals surface area (Å²) in [6.07, 6.45) is 74.5. The lowest BCUT2D eigenvalue weighted by Crippen LogP contribution is -2.61. The lowest BCUT2D eigenvalue weighted by molar-refractivity contribution is -0.305. The van der Waals surface area contributed by atoms with Gasteiger partial charge in [-0.3, -0.25) is 9.59 Å². The second-order valence-corrected chi connectivity index (χ2v) is 24.6. The van der Waals surface area contributed by atoms with E-state index in [4.69, 9.17) is 14.2 Å². The maximum atomic E-state index is 13.5. The van der Waals surface area contributed by atoms with E-state index in [9.17, 15) is 35.1 Å². The third-order valence-corrected chi connectivity index (χ3v) is 16.5. The number of ether oxygens (including phenoxy) is 3. The van der Waals surface area contributed by atoms with Crippen LogP contribution in [0.2, 0.25) is 0 Å².